The summed E-state index contributed by atoms with van der Waals surface area (Å²) < 4.78 is 12.9. The highest BCUT2D eigenvalue weighted by Gasteiger charge is 2.19. The maximum absolute atomic E-state index is 12.9. The third-order valence-electron chi connectivity index (χ3n) is 2.48. The Balaban J connectivity index is 2.41. The van der Waals surface area contributed by atoms with E-state index in [-0.39, 0.29) is 18.3 Å². The number of anilines is 1. The SMILES string of the molecule is OCC1CCNc2ccc(F)cc21. The molecule has 1 aliphatic heterocycles. The molecule has 1 heterocycles. The highest BCUT2D eigenvalue weighted by Crippen LogP contribution is 2.31. The molecule has 2 N–H and O–H groups in total. The van der Waals surface area contributed by atoms with Gasteiger partial charge in [0, 0.05) is 18.2 Å². The first-order chi connectivity index (χ1) is 6.31. The number of aliphatic hydroxyl groups is 1. The normalized spacial score (nSPS) is 20.6. The Kier molecular flexibility index (Phi) is 2.19. The number of fused-ring (bicyclic) bond motifs is 1. The Morgan fingerprint density at radius 2 is 2.38 bits per heavy atom. The lowest BCUT2D eigenvalue weighted by atomic mass is 9.92. The monoisotopic (exact) mass is 181 g/mol. The smallest absolute Gasteiger partial charge is 0.123 e. The summed E-state index contributed by atoms with van der Waals surface area (Å²) in [5.41, 5.74) is 1.85. The molecule has 1 aliphatic rings. The fraction of sp³-hybridized carbons (Fsp3) is 0.400. The van der Waals surface area contributed by atoms with Crippen LogP contribution >= 0.6 is 0 Å². The summed E-state index contributed by atoms with van der Waals surface area (Å²) in [5.74, 6) is -0.146. The average molecular weight is 181 g/mol. The Morgan fingerprint density at radius 1 is 1.54 bits per heavy atom. The van der Waals surface area contributed by atoms with E-state index in [4.69, 9.17) is 5.11 Å². The summed E-state index contributed by atoms with van der Waals surface area (Å²) in [6.45, 7) is 0.946. The topological polar surface area (TPSA) is 32.3 Å². The number of hydrogen-bond donors (Lipinski definition) is 2. The van der Waals surface area contributed by atoms with Crippen molar-refractivity contribution < 1.29 is 9.50 Å². The van der Waals surface area contributed by atoms with Crippen LogP contribution in [0.4, 0.5) is 10.1 Å². The van der Waals surface area contributed by atoms with Crippen molar-refractivity contribution in [3.8, 4) is 0 Å². The zero-order valence-corrected chi connectivity index (χ0v) is 7.26. The molecular formula is C10H12FNO. The molecule has 1 aromatic carbocycles. The zero-order valence-electron chi connectivity index (χ0n) is 7.26. The Morgan fingerprint density at radius 3 is 3.15 bits per heavy atom. The van der Waals surface area contributed by atoms with Crippen molar-refractivity contribution in [1.29, 1.82) is 0 Å². The second kappa shape index (κ2) is 3.34. The minimum atomic E-state index is -0.235. The van der Waals surface area contributed by atoms with Gasteiger partial charge in [-0.2, -0.15) is 0 Å². The van der Waals surface area contributed by atoms with Crippen molar-refractivity contribution in [3.63, 3.8) is 0 Å². The van der Waals surface area contributed by atoms with Crippen molar-refractivity contribution in [2.75, 3.05) is 18.5 Å². The second-order valence-corrected chi connectivity index (χ2v) is 3.33. The zero-order chi connectivity index (χ0) is 9.26. The number of benzene rings is 1. The van der Waals surface area contributed by atoms with E-state index < -0.39 is 0 Å². The van der Waals surface area contributed by atoms with Crippen molar-refractivity contribution in [3.05, 3.63) is 29.6 Å². The van der Waals surface area contributed by atoms with Gasteiger partial charge in [-0.1, -0.05) is 0 Å². The molecule has 0 spiro atoms. The highest BCUT2D eigenvalue weighted by atomic mass is 19.1. The van der Waals surface area contributed by atoms with Crippen LogP contribution < -0.4 is 5.32 Å². The lowest BCUT2D eigenvalue weighted by Crippen LogP contribution is -2.19. The van der Waals surface area contributed by atoms with E-state index in [2.05, 4.69) is 5.32 Å². The molecule has 3 heteroatoms. The molecule has 1 aromatic rings. The van der Waals surface area contributed by atoms with E-state index in [1.807, 2.05) is 0 Å². The molecule has 0 amide bonds. The van der Waals surface area contributed by atoms with Gasteiger partial charge in [-0.05, 0) is 30.2 Å². The average Bonchev–Trinajstić information content (AvgIpc) is 2.17. The van der Waals surface area contributed by atoms with Crippen LogP contribution in [0.1, 0.15) is 17.9 Å². The van der Waals surface area contributed by atoms with Crippen LogP contribution in [0.2, 0.25) is 0 Å². The molecule has 0 saturated heterocycles. The van der Waals surface area contributed by atoms with Gasteiger partial charge in [-0.3, -0.25) is 0 Å². The molecule has 0 radical (unpaired) electrons. The Labute approximate surface area is 76.4 Å². The fourth-order valence-electron chi connectivity index (χ4n) is 1.76. The molecule has 2 nitrogen and oxygen atoms in total. The van der Waals surface area contributed by atoms with Crippen molar-refractivity contribution in [2.24, 2.45) is 0 Å². The number of nitrogens with one attached hydrogen (secondary N) is 1. The molecule has 1 atom stereocenters. The second-order valence-electron chi connectivity index (χ2n) is 3.33. The van der Waals surface area contributed by atoms with E-state index in [1.165, 1.54) is 12.1 Å². The number of aliphatic hydroxyl groups excluding tert-OH is 1. The van der Waals surface area contributed by atoms with E-state index in [0.717, 1.165) is 24.2 Å². The minimum Gasteiger partial charge on any atom is -0.396 e. The molecule has 70 valence electrons. The molecule has 1 unspecified atom stereocenters. The van der Waals surface area contributed by atoms with E-state index in [9.17, 15) is 4.39 Å². The molecule has 0 aliphatic carbocycles. The molecule has 0 saturated carbocycles. The van der Waals surface area contributed by atoms with Crippen molar-refractivity contribution in [1.82, 2.24) is 0 Å². The van der Waals surface area contributed by atoms with Crippen molar-refractivity contribution in [2.45, 2.75) is 12.3 Å². The van der Waals surface area contributed by atoms with E-state index >= 15 is 0 Å². The van der Waals surface area contributed by atoms with Gasteiger partial charge in [0.05, 0.1) is 6.61 Å². The number of hydrogen-bond acceptors (Lipinski definition) is 2. The summed E-state index contributed by atoms with van der Waals surface area (Å²) >= 11 is 0. The molecule has 0 bridgehead atoms. The van der Waals surface area contributed by atoms with E-state index in [1.54, 1.807) is 6.07 Å². The maximum Gasteiger partial charge on any atom is 0.123 e. The van der Waals surface area contributed by atoms with Crippen LogP contribution in [0, 0.1) is 5.82 Å². The molecular weight excluding hydrogens is 169 g/mol. The molecule has 0 fully saturated rings. The standard InChI is InChI=1S/C10H12FNO/c11-8-1-2-10-9(5-8)7(6-13)3-4-12-10/h1-2,5,7,12-13H,3-4,6H2. The summed E-state index contributed by atoms with van der Waals surface area (Å²) in [4.78, 5) is 0. The minimum absolute atomic E-state index is 0.0898. The van der Waals surface area contributed by atoms with Crippen LogP contribution in [0.25, 0.3) is 0 Å². The third-order valence-corrected chi connectivity index (χ3v) is 2.48. The molecule has 13 heavy (non-hydrogen) atoms. The van der Waals surface area contributed by atoms with Crippen LogP contribution in [0.3, 0.4) is 0 Å². The van der Waals surface area contributed by atoms with Gasteiger partial charge in [0.15, 0.2) is 0 Å². The summed E-state index contributed by atoms with van der Waals surface area (Å²) in [5, 5.41) is 12.3. The van der Waals surface area contributed by atoms with E-state index in [0.29, 0.717) is 0 Å². The number of halogens is 1. The van der Waals surface area contributed by atoms with Crippen LogP contribution in [0.15, 0.2) is 18.2 Å². The summed E-state index contributed by atoms with van der Waals surface area (Å²) in [7, 11) is 0. The Hall–Kier alpha value is -1.09. The van der Waals surface area contributed by atoms with Crippen molar-refractivity contribution >= 4 is 5.69 Å². The van der Waals surface area contributed by atoms with Crippen LogP contribution in [0.5, 0.6) is 0 Å². The first-order valence-corrected chi connectivity index (χ1v) is 4.45. The number of rotatable bonds is 1. The Bertz CT molecular complexity index is 314. The first kappa shape index (κ1) is 8.51. The third kappa shape index (κ3) is 1.52. The lowest BCUT2D eigenvalue weighted by molar-refractivity contribution is 0.259. The lowest BCUT2D eigenvalue weighted by Gasteiger charge is -2.25. The predicted octanol–water partition coefficient (Wildman–Crippen LogP) is 1.72. The first-order valence-electron chi connectivity index (χ1n) is 4.45. The largest absolute Gasteiger partial charge is 0.396 e. The predicted molar refractivity (Wildman–Crippen MR) is 49.3 cm³/mol. The van der Waals surface area contributed by atoms with Gasteiger partial charge in [0.1, 0.15) is 5.82 Å². The summed E-state index contributed by atoms with van der Waals surface area (Å²) in [6.07, 6.45) is 0.868. The quantitative estimate of drug-likeness (QED) is 0.691. The maximum atomic E-state index is 12.9. The van der Waals surface area contributed by atoms with Gasteiger partial charge < -0.3 is 10.4 Å². The van der Waals surface area contributed by atoms with Gasteiger partial charge in [0.2, 0.25) is 0 Å². The highest BCUT2D eigenvalue weighted by molar-refractivity contribution is 5.54. The van der Waals surface area contributed by atoms with Gasteiger partial charge >= 0.3 is 0 Å². The fourth-order valence-corrected chi connectivity index (χ4v) is 1.76. The van der Waals surface area contributed by atoms with Gasteiger partial charge in [0.25, 0.3) is 0 Å². The van der Waals surface area contributed by atoms with Crippen LogP contribution in [-0.4, -0.2) is 18.3 Å². The van der Waals surface area contributed by atoms with Gasteiger partial charge in [-0.15, -0.1) is 0 Å². The molecule has 0 aromatic heterocycles. The van der Waals surface area contributed by atoms with Gasteiger partial charge in [-0.25, -0.2) is 4.39 Å². The van der Waals surface area contributed by atoms with Crippen LogP contribution in [-0.2, 0) is 0 Å². The summed E-state index contributed by atoms with van der Waals surface area (Å²) in [6, 6.07) is 4.67. The molecule has 2 rings (SSSR count).